The summed E-state index contributed by atoms with van der Waals surface area (Å²) in [6.07, 6.45) is -4.45. The highest BCUT2D eigenvalue weighted by molar-refractivity contribution is 8.18. The molecule has 0 spiro atoms. The summed E-state index contributed by atoms with van der Waals surface area (Å²) in [4.78, 5) is 37.0. The second-order valence-corrected chi connectivity index (χ2v) is 6.74. The van der Waals surface area contributed by atoms with Crippen LogP contribution in [0.5, 0.6) is 0 Å². The van der Waals surface area contributed by atoms with Crippen LogP contribution in [0.4, 0.5) is 22.4 Å². The van der Waals surface area contributed by atoms with Crippen molar-refractivity contribution in [3.63, 3.8) is 0 Å². The van der Waals surface area contributed by atoms with E-state index in [4.69, 9.17) is 0 Å². The number of hydrogen-bond acceptors (Lipinski definition) is 5. The van der Waals surface area contributed by atoms with E-state index in [0.717, 1.165) is 11.8 Å². The van der Waals surface area contributed by atoms with Crippen LogP contribution >= 0.6 is 11.8 Å². The van der Waals surface area contributed by atoms with E-state index >= 15 is 0 Å². The van der Waals surface area contributed by atoms with Gasteiger partial charge < -0.3 is 10.1 Å². The molecular formula is C17H16F4N2O4S. The molecule has 0 aromatic heterocycles. The van der Waals surface area contributed by atoms with Gasteiger partial charge in [0.05, 0.1) is 4.91 Å². The molecule has 1 heterocycles. The van der Waals surface area contributed by atoms with Crippen LogP contribution in [0.15, 0.2) is 29.2 Å². The second-order valence-electron chi connectivity index (χ2n) is 5.74. The largest absolute Gasteiger partial charge is 0.411 e. The molecule has 1 N–H and O–H groups in total. The Morgan fingerprint density at radius 1 is 1.29 bits per heavy atom. The van der Waals surface area contributed by atoms with Crippen LogP contribution in [-0.2, 0) is 14.3 Å². The second kappa shape index (κ2) is 9.20. The highest BCUT2D eigenvalue weighted by Gasteiger charge is 2.35. The lowest BCUT2D eigenvalue weighted by molar-refractivity contribution is -0.185. The fourth-order valence-corrected chi connectivity index (χ4v) is 3.00. The lowest BCUT2D eigenvalue weighted by Crippen LogP contribution is -2.41. The van der Waals surface area contributed by atoms with Crippen molar-refractivity contribution in [1.82, 2.24) is 10.2 Å². The zero-order valence-electron chi connectivity index (χ0n) is 14.6. The molecule has 3 amide bonds. The molecule has 1 fully saturated rings. The summed E-state index contributed by atoms with van der Waals surface area (Å²) in [6.45, 7) is -0.685. The van der Waals surface area contributed by atoms with Gasteiger partial charge in [-0.15, -0.1) is 0 Å². The Morgan fingerprint density at radius 2 is 1.93 bits per heavy atom. The van der Waals surface area contributed by atoms with Gasteiger partial charge in [-0.1, -0.05) is 12.1 Å². The summed E-state index contributed by atoms with van der Waals surface area (Å²) in [5.41, 5.74) is 0.538. The predicted octanol–water partition coefficient (Wildman–Crippen LogP) is 2.95. The molecule has 6 nitrogen and oxygen atoms in total. The minimum Gasteiger partial charge on any atom is -0.359 e. The van der Waals surface area contributed by atoms with Gasteiger partial charge in [0.15, 0.2) is 0 Å². The van der Waals surface area contributed by atoms with Crippen LogP contribution in [-0.4, -0.2) is 53.9 Å². The average molecular weight is 420 g/mol. The third-order valence-electron chi connectivity index (χ3n) is 3.54. The van der Waals surface area contributed by atoms with Crippen LogP contribution in [0.2, 0.25) is 0 Å². The minimum atomic E-state index is -4.55. The van der Waals surface area contributed by atoms with Crippen molar-refractivity contribution in [3.8, 4) is 0 Å². The molecule has 2 rings (SSSR count). The van der Waals surface area contributed by atoms with E-state index in [-0.39, 0.29) is 18.0 Å². The van der Waals surface area contributed by atoms with Gasteiger partial charge in [0.2, 0.25) is 5.91 Å². The van der Waals surface area contributed by atoms with Crippen LogP contribution in [0.3, 0.4) is 0 Å². The molecule has 0 aliphatic carbocycles. The number of benzene rings is 1. The highest BCUT2D eigenvalue weighted by atomic mass is 32.2. The first-order valence-electron chi connectivity index (χ1n) is 8.04. The molecule has 1 aliphatic rings. The summed E-state index contributed by atoms with van der Waals surface area (Å²) in [5, 5.41) is 1.76. The molecule has 1 saturated heterocycles. The van der Waals surface area contributed by atoms with Crippen LogP contribution in [0.1, 0.15) is 12.5 Å². The third-order valence-corrected chi connectivity index (χ3v) is 4.45. The first-order chi connectivity index (χ1) is 13.1. The number of carbonyl (C=O) groups excluding carboxylic acids is 3. The van der Waals surface area contributed by atoms with Gasteiger partial charge >= 0.3 is 6.18 Å². The molecule has 1 atom stereocenters. The fourth-order valence-electron chi connectivity index (χ4n) is 2.13. The van der Waals surface area contributed by atoms with Gasteiger partial charge in [-0.3, -0.25) is 19.3 Å². The quantitative estimate of drug-likeness (QED) is 0.542. The molecule has 0 radical (unpaired) electrons. The Labute approximate surface area is 161 Å². The maximum Gasteiger partial charge on any atom is 0.411 e. The lowest BCUT2D eigenvalue weighted by Gasteiger charge is -2.16. The summed E-state index contributed by atoms with van der Waals surface area (Å²) in [7, 11) is 0. The number of carbonyl (C=O) groups is 3. The molecule has 0 bridgehead atoms. The molecular weight excluding hydrogens is 404 g/mol. The molecule has 1 aromatic carbocycles. The summed E-state index contributed by atoms with van der Waals surface area (Å²) >= 11 is 0.699. The van der Waals surface area contributed by atoms with E-state index in [1.165, 1.54) is 30.3 Å². The maximum absolute atomic E-state index is 12.9. The third kappa shape index (κ3) is 6.34. The number of ether oxygens (including phenoxy) is 1. The maximum atomic E-state index is 12.9. The molecule has 0 saturated carbocycles. The van der Waals surface area contributed by atoms with E-state index < -0.39 is 41.8 Å². The molecule has 11 heteroatoms. The van der Waals surface area contributed by atoms with Gasteiger partial charge in [-0.05, 0) is 42.5 Å². The van der Waals surface area contributed by atoms with Crippen molar-refractivity contribution in [1.29, 1.82) is 0 Å². The van der Waals surface area contributed by atoms with Crippen LogP contribution in [0.25, 0.3) is 6.08 Å². The lowest BCUT2D eigenvalue weighted by atomic mass is 10.2. The van der Waals surface area contributed by atoms with Crippen LogP contribution < -0.4 is 5.32 Å². The Balaban J connectivity index is 1.86. The standard InChI is InChI=1S/C17H16F4N2O4S/c1-10(27-9-17(19,20)21)14(24)22-6-7-23-15(25)13(28-16(23)26)8-11-2-4-12(18)5-3-11/h2-5,8,10H,6-7,9H2,1H3,(H,22,24)/b13-8-. The molecule has 28 heavy (non-hydrogen) atoms. The van der Waals surface area contributed by atoms with Gasteiger partial charge in [-0.25, -0.2) is 4.39 Å². The van der Waals surface area contributed by atoms with Crippen molar-refractivity contribution in [2.75, 3.05) is 19.7 Å². The number of halogens is 4. The van der Waals surface area contributed by atoms with E-state index in [1.54, 1.807) is 0 Å². The van der Waals surface area contributed by atoms with Crippen molar-refractivity contribution in [2.24, 2.45) is 0 Å². The average Bonchev–Trinajstić information content (AvgIpc) is 2.88. The smallest absolute Gasteiger partial charge is 0.359 e. The van der Waals surface area contributed by atoms with E-state index in [0.29, 0.717) is 17.3 Å². The Morgan fingerprint density at radius 3 is 2.54 bits per heavy atom. The first-order valence-corrected chi connectivity index (χ1v) is 8.85. The summed E-state index contributed by atoms with van der Waals surface area (Å²) in [5.74, 6) is -1.80. The molecule has 1 aliphatic heterocycles. The number of amides is 3. The number of thioether (sulfide) groups is 1. The minimum absolute atomic E-state index is 0.138. The number of rotatable bonds is 7. The highest BCUT2D eigenvalue weighted by Crippen LogP contribution is 2.31. The fraction of sp³-hybridized carbons (Fsp3) is 0.353. The molecule has 1 unspecified atom stereocenters. The van der Waals surface area contributed by atoms with Crippen LogP contribution in [0, 0.1) is 5.82 Å². The topological polar surface area (TPSA) is 75.7 Å². The predicted molar refractivity (Wildman–Crippen MR) is 93.6 cm³/mol. The van der Waals surface area contributed by atoms with Gasteiger partial charge in [0, 0.05) is 13.1 Å². The molecule has 152 valence electrons. The normalized spacial score (nSPS) is 17.3. The van der Waals surface area contributed by atoms with E-state index in [1.807, 2.05) is 0 Å². The number of alkyl halides is 3. The zero-order valence-corrected chi connectivity index (χ0v) is 15.4. The van der Waals surface area contributed by atoms with Gasteiger partial charge in [-0.2, -0.15) is 13.2 Å². The number of nitrogens with zero attached hydrogens (tertiary/aromatic N) is 1. The number of nitrogens with one attached hydrogen (secondary N) is 1. The van der Waals surface area contributed by atoms with Crippen molar-refractivity contribution >= 4 is 34.9 Å². The van der Waals surface area contributed by atoms with Crippen molar-refractivity contribution < 1.29 is 36.7 Å². The summed E-state index contributed by atoms with van der Waals surface area (Å²) < 4.78 is 53.5. The first kappa shape index (κ1) is 21.9. The Hall–Kier alpha value is -2.40. The zero-order chi connectivity index (χ0) is 20.9. The Kier molecular flexibility index (Phi) is 7.19. The number of hydrogen-bond donors (Lipinski definition) is 1. The van der Waals surface area contributed by atoms with E-state index in [9.17, 15) is 31.9 Å². The van der Waals surface area contributed by atoms with Crippen molar-refractivity contribution in [2.45, 2.75) is 19.2 Å². The van der Waals surface area contributed by atoms with E-state index in [2.05, 4.69) is 10.1 Å². The number of imide groups is 1. The monoisotopic (exact) mass is 420 g/mol. The Bertz CT molecular complexity index is 780. The SMILES string of the molecule is CC(OCC(F)(F)F)C(=O)NCCN1C(=O)S/C(=C\c2ccc(F)cc2)C1=O. The van der Waals surface area contributed by atoms with Gasteiger partial charge in [0.1, 0.15) is 18.5 Å². The van der Waals surface area contributed by atoms with Crippen molar-refractivity contribution in [3.05, 3.63) is 40.6 Å². The van der Waals surface area contributed by atoms with Gasteiger partial charge in [0.25, 0.3) is 11.1 Å². The summed E-state index contributed by atoms with van der Waals surface area (Å²) in [6, 6.07) is 5.33. The molecule has 1 aromatic rings.